The molecule has 0 radical (unpaired) electrons. The largest absolute Gasteiger partial charge is 0.326 e. The van der Waals surface area contributed by atoms with Crippen LogP contribution in [0.2, 0.25) is 0 Å². The lowest BCUT2D eigenvalue weighted by molar-refractivity contribution is -0.116. The molecule has 3 aromatic rings. The van der Waals surface area contributed by atoms with Crippen LogP contribution >= 0.6 is 11.3 Å². The molecule has 6 heteroatoms. The van der Waals surface area contributed by atoms with Crippen LogP contribution in [0.4, 0.5) is 5.69 Å². The molecule has 0 atom stereocenters. The lowest BCUT2D eigenvalue weighted by Crippen LogP contribution is -2.23. The first-order valence-electron chi connectivity index (χ1n) is 9.05. The van der Waals surface area contributed by atoms with Gasteiger partial charge in [0, 0.05) is 24.7 Å². The number of nitrogens with zero attached hydrogens (tertiary/aromatic N) is 2. The Morgan fingerprint density at radius 2 is 1.93 bits per heavy atom. The number of amides is 1. The van der Waals surface area contributed by atoms with E-state index in [-0.39, 0.29) is 11.5 Å². The predicted molar refractivity (Wildman–Crippen MR) is 110 cm³/mol. The summed E-state index contributed by atoms with van der Waals surface area (Å²) in [6, 6.07) is 15.1. The van der Waals surface area contributed by atoms with Gasteiger partial charge in [-0.1, -0.05) is 32.0 Å². The topological polar surface area (TPSA) is 64.0 Å². The molecule has 0 spiro atoms. The van der Waals surface area contributed by atoms with E-state index in [9.17, 15) is 9.59 Å². The van der Waals surface area contributed by atoms with E-state index in [0.717, 1.165) is 16.3 Å². The molecular weight excluding hydrogens is 358 g/mol. The van der Waals surface area contributed by atoms with Crippen molar-refractivity contribution in [1.82, 2.24) is 9.78 Å². The van der Waals surface area contributed by atoms with Crippen LogP contribution in [-0.4, -0.2) is 15.7 Å². The van der Waals surface area contributed by atoms with E-state index in [4.69, 9.17) is 0 Å². The fourth-order valence-electron chi connectivity index (χ4n) is 2.73. The third-order valence-electron chi connectivity index (χ3n) is 4.28. The number of aryl methyl sites for hydroxylation is 1. The third kappa shape index (κ3) is 5.14. The molecule has 0 aliphatic carbocycles. The highest BCUT2D eigenvalue weighted by molar-refractivity contribution is 7.13. The molecule has 0 unspecified atom stereocenters. The van der Waals surface area contributed by atoms with E-state index < -0.39 is 0 Å². The van der Waals surface area contributed by atoms with Crippen molar-refractivity contribution in [2.75, 3.05) is 5.32 Å². The maximum Gasteiger partial charge on any atom is 0.266 e. The molecule has 0 fully saturated rings. The Hall–Kier alpha value is -2.73. The van der Waals surface area contributed by atoms with Gasteiger partial charge in [-0.3, -0.25) is 9.59 Å². The minimum absolute atomic E-state index is 0.0604. The van der Waals surface area contributed by atoms with Gasteiger partial charge in [-0.15, -0.1) is 11.3 Å². The summed E-state index contributed by atoms with van der Waals surface area (Å²) >= 11 is 1.58. The van der Waals surface area contributed by atoms with E-state index in [1.807, 2.05) is 41.8 Å². The molecule has 0 saturated heterocycles. The lowest BCUT2D eigenvalue weighted by Gasteiger charge is -2.09. The summed E-state index contributed by atoms with van der Waals surface area (Å²) in [5.74, 6) is 0.403. The zero-order valence-electron chi connectivity index (χ0n) is 15.5. The summed E-state index contributed by atoms with van der Waals surface area (Å²) in [6.45, 7) is 4.69. The second-order valence-corrected chi connectivity index (χ2v) is 7.63. The Kier molecular flexibility index (Phi) is 6.19. The van der Waals surface area contributed by atoms with E-state index in [0.29, 0.717) is 25.3 Å². The molecule has 1 N–H and O–H groups in total. The molecule has 2 aromatic heterocycles. The first-order chi connectivity index (χ1) is 13.0. The maximum atomic E-state index is 12.1. The Balaban J connectivity index is 1.54. The predicted octanol–water partition coefficient (Wildman–Crippen LogP) is 4.51. The quantitative estimate of drug-likeness (QED) is 0.655. The number of aromatic nitrogens is 2. The maximum absolute atomic E-state index is 12.1. The Morgan fingerprint density at radius 3 is 2.59 bits per heavy atom. The molecular formula is C21H23N3O2S. The number of nitrogens with one attached hydrogen (secondary N) is 1. The summed E-state index contributed by atoms with van der Waals surface area (Å²) in [6.07, 6.45) is 0.889. The average molecular weight is 382 g/mol. The van der Waals surface area contributed by atoms with Gasteiger partial charge in [-0.25, -0.2) is 4.68 Å². The molecule has 3 rings (SSSR count). The monoisotopic (exact) mass is 381 g/mol. The third-order valence-corrected chi connectivity index (χ3v) is 5.17. The molecule has 1 aromatic carbocycles. The highest BCUT2D eigenvalue weighted by atomic mass is 32.1. The fraction of sp³-hybridized carbons (Fsp3) is 0.286. The van der Waals surface area contributed by atoms with E-state index in [1.54, 1.807) is 17.4 Å². The van der Waals surface area contributed by atoms with E-state index in [2.05, 4.69) is 24.3 Å². The van der Waals surface area contributed by atoms with Crippen LogP contribution in [0.3, 0.4) is 0 Å². The zero-order valence-corrected chi connectivity index (χ0v) is 16.3. The highest BCUT2D eigenvalue weighted by Crippen LogP contribution is 2.21. The Bertz CT molecular complexity index is 944. The van der Waals surface area contributed by atoms with Crippen molar-refractivity contribution in [1.29, 1.82) is 0 Å². The van der Waals surface area contributed by atoms with Crippen molar-refractivity contribution in [3.05, 3.63) is 69.8 Å². The van der Waals surface area contributed by atoms with Crippen molar-refractivity contribution in [2.24, 2.45) is 0 Å². The number of carbonyl (C=O) groups excluding carboxylic acids is 1. The molecule has 0 aliphatic rings. The first-order valence-corrected chi connectivity index (χ1v) is 9.93. The minimum Gasteiger partial charge on any atom is -0.326 e. The highest BCUT2D eigenvalue weighted by Gasteiger charge is 2.07. The van der Waals surface area contributed by atoms with Crippen LogP contribution in [-0.2, 0) is 11.3 Å². The number of hydrogen-bond acceptors (Lipinski definition) is 4. The number of thiophene rings is 1. The molecule has 140 valence electrons. The van der Waals surface area contributed by atoms with Gasteiger partial charge in [-0.2, -0.15) is 5.10 Å². The number of benzene rings is 1. The number of carbonyl (C=O) groups is 1. The van der Waals surface area contributed by atoms with Crippen molar-refractivity contribution in [3.8, 4) is 10.6 Å². The summed E-state index contributed by atoms with van der Waals surface area (Å²) in [5.41, 5.74) is 2.66. The summed E-state index contributed by atoms with van der Waals surface area (Å²) in [7, 11) is 0. The van der Waals surface area contributed by atoms with Crippen LogP contribution in [0.15, 0.2) is 58.7 Å². The van der Waals surface area contributed by atoms with Crippen LogP contribution in [0, 0.1) is 0 Å². The van der Waals surface area contributed by atoms with Crippen molar-refractivity contribution < 1.29 is 4.79 Å². The standard InChI is InChI=1S/C21H23N3O2S/c1-15(2)16-7-9-17(10-8-16)22-20(25)6-3-13-24-21(26)12-11-18(23-24)19-5-4-14-27-19/h4-5,7-12,14-15H,3,6,13H2,1-2H3,(H,22,25). The van der Waals surface area contributed by atoms with Gasteiger partial charge >= 0.3 is 0 Å². The van der Waals surface area contributed by atoms with Gasteiger partial charge in [0.25, 0.3) is 5.56 Å². The number of hydrogen-bond donors (Lipinski definition) is 1. The van der Waals surface area contributed by atoms with Crippen LogP contribution in [0.1, 0.15) is 38.2 Å². The molecule has 0 aliphatic heterocycles. The zero-order chi connectivity index (χ0) is 19.2. The molecule has 0 bridgehead atoms. The fourth-order valence-corrected chi connectivity index (χ4v) is 3.42. The summed E-state index contributed by atoms with van der Waals surface area (Å²) < 4.78 is 1.43. The Labute approximate surface area is 162 Å². The van der Waals surface area contributed by atoms with Crippen molar-refractivity contribution in [2.45, 2.75) is 39.2 Å². The molecule has 0 saturated carbocycles. The molecule has 5 nitrogen and oxygen atoms in total. The van der Waals surface area contributed by atoms with Crippen LogP contribution in [0.25, 0.3) is 10.6 Å². The number of rotatable bonds is 7. The average Bonchev–Trinajstić information content (AvgIpc) is 3.18. The minimum atomic E-state index is -0.153. The first kappa shape index (κ1) is 19.0. The second-order valence-electron chi connectivity index (χ2n) is 6.69. The molecule has 2 heterocycles. The number of anilines is 1. The van der Waals surface area contributed by atoms with Gasteiger partial charge < -0.3 is 5.32 Å². The van der Waals surface area contributed by atoms with Gasteiger partial charge in [0.1, 0.15) is 5.69 Å². The van der Waals surface area contributed by atoms with Gasteiger partial charge in [0.05, 0.1) is 4.88 Å². The summed E-state index contributed by atoms with van der Waals surface area (Å²) in [4.78, 5) is 25.2. The smallest absolute Gasteiger partial charge is 0.266 e. The Morgan fingerprint density at radius 1 is 1.15 bits per heavy atom. The van der Waals surface area contributed by atoms with Crippen LogP contribution < -0.4 is 10.9 Å². The van der Waals surface area contributed by atoms with Crippen molar-refractivity contribution in [3.63, 3.8) is 0 Å². The van der Waals surface area contributed by atoms with Crippen molar-refractivity contribution >= 4 is 22.9 Å². The summed E-state index contributed by atoms with van der Waals surface area (Å²) in [5, 5.41) is 9.28. The van der Waals surface area contributed by atoms with Gasteiger partial charge in [0.2, 0.25) is 5.91 Å². The normalized spacial score (nSPS) is 10.9. The van der Waals surface area contributed by atoms with Crippen LogP contribution in [0.5, 0.6) is 0 Å². The lowest BCUT2D eigenvalue weighted by atomic mass is 10.0. The SMILES string of the molecule is CC(C)c1ccc(NC(=O)CCCn2nc(-c3cccs3)ccc2=O)cc1. The molecule has 1 amide bonds. The second kappa shape index (κ2) is 8.77. The van der Waals surface area contributed by atoms with Gasteiger partial charge in [0.15, 0.2) is 0 Å². The van der Waals surface area contributed by atoms with Gasteiger partial charge in [-0.05, 0) is 47.5 Å². The molecule has 27 heavy (non-hydrogen) atoms. The van der Waals surface area contributed by atoms with E-state index >= 15 is 0 Å². The van der Waals surface area contributed by atoms with E-state index in [1.165, 1.54) is 16.3 Å².